The fourth-order valence-electron chi connectivity index (χ4n) is 1.43. The summed E-state index contributed by atoms with van der Waals surface area (Å²) in [6, 6.07) is 11.3. The lowest BCUT2D eigenvalue weighted by Crippen LogP contribution is -2.12. The van der Waals surface area contributed by atoms with Crippen molar-refractivity contribution in [3.05, 3.63) is 65.7 Å². The van der Waals surface area contributed by atoms with E-state index in [1.165, 1.54) is 0 Å². The number of nitriles is 2. The van der Waals surface area contributed by atoms with Crippen molar-refractivity contribution in [3.8, 4) is 12.1 Å². The molecule has 0 bridgehead atoms. The van der Waals surface area contributed by atoms with Crippen molar-refractivity contribution in [2.75, 3.05) is 5.32 Å². The zero-order valence-corrected chi connectivity index (χ0v) is 9.51. The summed E-state index contributed by atoms with van der Waals surface area (Å²) in [5.74, 6) is 0.765. The van der Waals surface area contributed by atoms with Gasteiger partial charge in [0.25, 0.3) is 0 Å². The summed E-state index contributed by atoms with van der Waals surface area (Å²) in [7, 11) is 0. The van der Waals surface area contributed by atoms with E-state index < -0.39 is 0 Å². The maximum atomic E-state index is 8.77. The SMILES string of the molecule is N#CC1=CC=C(Nc2ccc(C#N)cc2)NC=C1. The van der Waals surface area contributed by atoms with Crippen LogP contribution in [0.15, 0.2) is 60.1 Å². The van der Waals surface area contributed by atoms with Crippen LogP contribution in [0.5, 0.6) is 0 Å². The van der Waals surface area contributed by atoms with Crippen LogP contribution in [-0.4, -0.2) is 0 Å². The van der Waals surface area contributed by atoms with E-state index in [-0.39, 0.29) is 0 Å². The van der Waals surface area contributed by atoms with Crippen LogP contribution in [-0.2, 0) is 0 Å². The quantitative estimate of drug-likeness (QED) is 0.824. The van der Waals surface area contributed by atoms with E-state index >= 15 is 0 Å². The Labute approximate surface area is 105 Å². The van der Waals surface area contributed by atoms with E-state index in [1.807, 2.05) is 12.1 Å². The summed E-state index contributed by atoms with van der Waals surface area (Å²) in [6.45, 7) is 0. The molecule has 1 aliphatic heterocycles. The van der Waals surface area contributed by atoms with Crippen molar-refractivity contribution in [3.63, 3.8) is 0 Å². The zero-order valence-electron chi connectivity index (χ0n) is 9.51. The molecule has 4 heteroatoms. The van der Waals surface area contributed by atoms with Crippen molar-refractivity contribution in [1.29, 1.82) is 10.5 Å². The molecule has 0 atom stereocenters. The molecular weight excluding hydrogens is 224 g/mol. The molecule has 18 heavy (non-hydrogen) atoms. The first-order valence-corrected chi connectivity index (χ1v) is 5.34. The van der Waals surface area contributed by atoms with Gasteiger partial charge in [0.1, 0.15) is 5.82 Å². The van der Waals surface area contributed by atoms with Crippen molar-refractivity contribution in [1.82, 2.24) is 5.32 Å². The second kappa shape index (κ2) is 5.38. The summed E-state index contributed by atoms with van der Waals surface area (Å²) in [5, 5.41) is 23.7. The lowest BCUT2D eigenvalue weighted by molar-refractivity contribution is 1.07. The van der Waals surface area contributed by atoms with Gasteiger partial charge in [-0.15, -0.1) is 0 Å². The summed E-state index contributed by atoms with van der Waals surface area (Å²) in [4.78, 5) is 0. The van der Waals surface area contributed by atoms with Gasteiger partial charge in [-0.2, -0.15) is 10.5 Å². The Kier molecular flexibility index (Phi) is 3.44. The van der Waals surface area contributed by atoms with Crippen LogP contribution in [0.2, 0.25) is 0 Å². The highest BCUT2D eigenvalue weighted by Crippen LogP contribution is 2.12. The summed E-state index contributed by atoms with van der Waals surface area (Å²) in [6.07, 6.45) is 6.91. The van der Waals surface area contributed by atoms with Crippen molar-refractivity contribution < 1.29 is 0 Å². The fourth-order valence-corrected chi connectivity index (χ4v) is 1.43. The molecule has 0 aromatic heterocycles. The van der Waals surface area contributed by atoms with Gasteiger partial charge in [-0.05, 0) is 42.5 Å². The van der Waals surface area contributed by atoms with E-state index in [0.717, 1.165) is 11.5 Å². The minimum Gasteiger partial charge on any atom is -0.348 e. The molecule has 0 fully saturated rings. The number of rotatable bonds is 2. The summed E-state index contributed by atoms with van der Waals surface area (Å²) >= 11 is 0. The monoisotopic (exact) mass is 234 g/mol. The molecule has 0 saturated heterocycles. The first-order chi connectivity index (χ1) is 8.81. The van der Waals surface area contributed by atoms with Crippen LogP contribution in [0.4, 0.5) is 5.69 Å². The number of anilines is 1. The van der Waals surface area contributed by atoms with Crippen LogP contribution in [0.1, 0.15) is 5.56 Å². The van der Waals surface area contributed by atoms with Crippen LogP contribution in [0, 0.1) is 22.7 Å². The molecular formula is C14H10N4. The molecule has 0 amide bonds. The van der Waals surface area contributed by atoms with Gasteiger partial charge in [0.2, 0.25) is 0 Å². The minimum absolute atomic E-state index is 0.583. The van der Waals surface area contributed by atoms with E-state index in [9.17, 15) is 0 Å². The molecule has 0 aliphatic carbocycles. The number of hydrogen-bond donors (Lipinski definition) is 2. The first kappa shape index (κ1) is 11.5. The molecule has 0 radical (unpaired) electrons. The Balaban J connectivity index is 2.13. The highest BCUT2D eigenvalue weighted by Gasteiger charge is 1.99. The topological polar surface area (TPSA) is 71.6 Å². The third kappa shape index (κ3) is 2.78. The minimum atomic E-state index is 0.583. The Hall–Kier alpha value is -2.98. The second-order valence-corrected chi connectivity index (χ2v) is 3.61. The van der Waals surface area contributed by atoms with Crippen LogP contribution in [0.25, 0.3) is 0 Å². The van der Waals surface area contributed by atoms with Gasteiger partial charge < -0.3 is 10.6 Å². The normalized spacial score (nSPS) is 13.2. The number of allylic oxidation sites excluding steroid dienone is 4. The van der Waals surface area contributed by atoms with Crippen LogP contribution < -0.4 is 10.6 Å². The predicted molar refractivity (Wildman–Crippen MR) is 68.8 cm³/mol. The Bertz CT molecular complexity index is 607. The maximum absolute atomic E-state index is 8.77. The average Bonchev–Trinajstić information content (AvgIpc) is 2.65. The molecule has 2 rings (SSSR count). The first-order valence-electron chi connectivity index (χ1n) is 5.34. The summed E-state index contributed by atoms with van der Waals surface area (Å²) < 4.78 is 0. The molecule has 2 N–H and O–H groups in total. The Morgan fingerprint density at radius 3 is 2.44 bits per heavy atom. The standard InChI is InChI=1S/C14H10N4/c15-9-11-1-4-13(5-2-11)18-14-6-3-12(10-16)7-8-17-14/h1-8,17-18H. The zero-order chi connectivity index (χ0) is 12.8. The van der Waals surface area contributed by atoms with Gasteiger partial charge in [0, 0.05) is 11.9 Å². The molecule has 0 unspecified atom stereocenters. The van der Waals surface area contributed by atoms with Crippen molar-refractivity contribution >= 4 is 5.69 Å². The molecule has 0 spiro atoms. The van der Waals surface area contributed by atoms with Crippen molar-refractivity contribution in [2.45, 2.75) is 0 Å². The predicted octanol–water partition coefficient (Wildman–Crippen LogP) is 2.38. The van der Waals surface area contributed by atoms with E-state index in [1.54, 1.807) is 36.6 Å². The molecule has 1 aromatic carbocycles. The third-order valence-electron chi connectivity index (χ3n) is 2.35. The molecule has 86 valence electrons. The van der Waals surface area contributed by atoms with Crippen LogP contribution in [0.3, 0.4) is 0 Å². The molecule has 1 aromatic rings. The largest absolute Gasteiger partial charge is 0.348 e. The smallest absolute Gasteiger partial charge is 0.107 e. The highest BCUT2D eigenvalue weighted by atomic mass is 15.1. The molecule has 4 nitrogen and oxygen atoms in total. The van der Waals surface area contributed by atoms with Gasteiger partial charge in [0.15, 0.2) is 0 Å². The van der Waals surface area contributed by atoms with Gasteiger partial charge in [0.05, 0.1) is 23.3 Å². The van der Waals surface area contributed by atoms with E-state index in [2.05, 4.69) is 22.8 Å². The van der Waals surface area contributed by atoms with Gasteiger partial charge in [-0.3, -0.25) is 0 Å². The Morgan fingerprint density at radius 2 is 1.78 bits per heavy atom. The number of nitrogens with zero attached hydrogens (tertiary/aromatic N) is 2. The number of benzene rings is 1. The van der Waals surface area contributed by atoms with Crippen molar-refractivity contribution in [2.24, 2.45) is 0 Å². The average molecular weight is 234 g/mol. The lowest BCUT2D eigenvalue weighted by Gasteiger charge is -2.09. The lowest BCUT2D eigenvalue weighted by atomic mass is 10.2. The molecule has 1 heterocycles. The Morgan fingerprint density at radius 1 is 1.00 bits per heavy atom. The van der Waals surface area contributed by atoms with Gasteiger partial charge in [-0.25, -0.2) is 0 Å². The third-order valence-corrected chi connectivity index (χ3v) is 2.35. The maximum Gasteiger partial charge on any atom is 0.107 e. The molecule has 0 saturated carbocycles. The number of hydrogen-bond acceptors (Lipinski definition) is 4. The van der Waals surface area contributed by atoms with Crippen LogP contribution >= 0.6 is 0 Å². The van der Waals surface area contributed by atoms with Gasteiger partial charge >= 0.3 is 0 Å². The van der Waals surface area contributed by atoms with E-state index in [4.69, 9.17) is 10.5 Å². The fraction of sp³-hybridized carbons (Fsp3) is 0. The van der Waals surface area contributed by atoms with Gasteiger partial charge in [-0.1, -0.05) is 0 Å². The second-order valence-electron chi connectivity index (χ2n) is 3.61. The molecule has 1 aliphatic rings. The number of nitrogens with one attached hydrogen (secondary N) is 2. The summed E-state index contributed by atoms with van der Waals surface area (Å²) in [5.41, 5.74) is 2.07. The highest BCUT2D eigenvalue weighted by molar-refractivity contribution is 5.52. The van der Waals surface area contributed by atoms with E-state index in [0.29, 0.717) is 11.1 Å².